The zero-order valence-electron chi connectivity index (χ0n) is 10.3. The van der Waals surface area contributed by atoms with E-state index in [0.717, 1.165) is 0 Å². The molecule has 0 unspecified atom stereocenters. The fourth-order valence-electron chi connectivity index (χ4n) is 1.54. The molecule has 0 bridgehead atoms. The van der Waals surface area contributed by atoms with Crippen molar-refractivity contribution in [3.05, 3.63) is 39.7 Å². The van der Waals surface area contributed by atoms with Crippen molar-refractivity contribution in [2.75, 3.05) is 10.5 Å². The quantitative estimate of drug-likeness (QED) is 0.633. The summed E-state index contributed by atoms with van der Waals surface area (Å²) >= 11 is 8.91. The van der Waals surface area contributed by atoms with E-state index in [1.54, 1.807) is 13.0 Å². The van der Waals surface area contributed by atoms with Crippen molar-refractivity contribution in [3.8, 4) is 0 Å². The number of aromatic nitrogens is 2. The van der Waals surface area contributed by atoms with Crippen LogP contribution in [0, 0.1) is 6.92 Å². The molecule has 1 aromatic heterocycles. The topological polar surface area (TPSA) is 98.0 Å². The molecule has 0 aliphatic rings. The largest absolute Gasteiger partial charge is 0.398 e. The minimum atomic E-state index is -3.81. The van der Waals surface area contributed by atoms with E-state index in [9.17, 15) is 8.42 Å². The van der Waals surface area contributed by atoms with Gasteiger partial charge < -0.3 is 5.73 Å². The number of nitrogens with one attached hydrogen (secondary N) is 1. The van der Waals surface area contributed by atoms with E-state index in [1.807, 2.05) is 0 Å². The van der Waals surface area contributed by atoms with E-state index in [1.165, 1.54) is 18.5 Å². The highest BCUT2D eigenvalue weighted by atomic mass is 79.9. The molecule has 0 saturated carbocycles. The summed E-state index contributed by atoms with van der Waals surface area (Å²) in [6.07, 6.45) is 1.17. The molecular formula is C11H10BrClN4O2S. The summed E-state index contributed by atoms with van der Waals surface area (Å²) in [6.45, 7) is 1.63. The molecule has 9 heteroatoms. The maximum Gasteiger partial charge on any atom is 0.263 e. The van der Waals surface area contributed by atoms with Crippen molar-refractivity contribution in [2.45, 2.75) is 11.8 Å². The van der Waals surface area contributed by atoms with Gasteiger partial charge in [0.25, 0.3) is 10.0 Å². The molecule has 0 saturated heterocycles. The fourth-order valence-corrected chi connectivity index (χ4v) is 3.61. The molecular weight excluding hydrogens is 368 g/mol. The SMILES string of the molecule is Cc1c(N)cc(Br)cc1S(=O)(=O)Nc1cc(Cl)ncn1. The Kier molecular flexibility index (Phi) is 4.17. The van der Waals surface area contributed by atoms with Crippen LogP contribution in [0.15, 0.2) is 33.9 Å². The number of hydrogen-bond acceptors (Lipinski definition) is 5. The van der Waals surface area contributed by atoms with E-state index in [4.69, 9.17) is 17.3 Å². The molecule has 0 atom stereocenters. The van der Waals surface area contributed by atoms with E-state index in [0.29, 0.717) is 15.7 Å². The van der Waals surface area contributed by atoms with Gasteiger partial charge in [0.15, 0.2) is 0 Å². The smallest absolute Gasteiger partial charge is 0.263 e. The van der Waals surface area contributed by atoms with Crippen molar-refractivity contribution in [2.24, 2.45) is 0 Å². The number of rotatable bonds is 3. The van der Waals surface area contributed by atoms with Gasteiger partial charge in [0.05, 0.1) is 4.90 Å². The van der Waals surface area contributed by atoms with E-state index in [2.05, 4.69) is 30.6 Å². The lowest BCUT2D eigenvalue weighted by Crippen LogP contribution is -2.16. The van der Waals surface area contributed by atoms with Crippen LogP contribution in [0.3, 0.4) is 0 Å². The number of anilines is 2. The van der Waals surface area contributed by atoms with Gasteiger partial charge in [-0.15, -0.1) is 0 Å². The van der Waals surface area contributed by atoms with Crippen LogP contribution in [-0.2, 0) is 10.0 Å². The lowest BCUT2D eigenvalue weighted by molar-refractivity contribution is 0.600. The van der Waals surface area contributed by atoms with Crippen molar-refractivity contribution in [3.63, 3.8) is 0 Å². The van der Waals surface area contributed by atoms with Crippen LogP contribution in [-0.4, -0.2) is 18.4 Å². The minimum Gasteiger partial charge on any atom is -0.398 e. The molecule has 3 N–H and O–H groups in total. The zero-order chi connectivity index (χ0) is 14.9. The molecule has 2 rings (SSSR count). The predicted molar refractivity (Wildman–Crippen MR) is 81.1 cm³/mol. The van der Waals surface area contributed by atoms with Crippen molar-refractivity contribution < 1.29 is 8.42 Å². The Hall–Kier alpha value is -1.38. The second kappa shape index (κ2) is 5.55. The lowest BCUT2D eigenvalue weighted by Gasteiger charge is -2.12. The van der Waals surface area contributed by atoms with Crippen LogP contribution in [0.4, 0.5) is 11.5 Å². The molecule has 0 aliphatic carbocycles. The second-order valence-electron chi connectivity index (χ2n) is 3.95. The van der Waals surface area contributed by atoms with Gasteiger partial charge >= 0.3 is 0 Å². The average Bonchev–Trinajstić information content (AvgIpc) is 2.33. The summed E-state index contributed by atoms with van der Waals surface area (Å²) in [5.74, 6) is 0.0861. The molecule has 6 nitrogen and oxygen atoms in total. The van der Waals surface area contributed by atoms with Gasteiger partial charge in [0.1, 0.15) is 17.3 Å². The first-order valence-corrected chi connectivity index (χ1v) is 8.01. The Balaban J connectivity index is 2.46. The summed E-state index contributed by atoms with van der Waals surface area (Å²) in [5, 5.41) is 0.142. The summed E-state index contributed by atoms with van der Waals surface area (Å²) in [7, 11) is -3.81. The Labute approximate surface area is 129 Å². The van der Waals surface area contributed by atoms with Crippen molar-refractivity contribution in [1.29, 1.82) is 0 Å². The number of sulfonamides is 1. The summed E-state index contributed by atoms with van der Waals surface area (Å²) < 4.78 is 27.6. The van der Waals surface area contributed by atoms with Crippen LogP contribution in [0.5, 0.6) is 0 Å². The van der Waals surface area contributed by atoms with Gasteiger partial charge in [-0.05, 0) is 24.6 Å². The summed E-state index contributed by atoms with van der Waals surface area (Å²) in [6, 6.07) is 4.42. The first-order valence-electron chi connectivity index (χ1n) is 5.35. The highest BCUT2D eigenvalue weighted by molar-refractivity contribution is 9.10. The molecule has 1 heterocycles. The van der Waals surface area contributed by atoms with Crippen LogP contribution in [0.2, 0.25) is 5.15 Å². The average molecular weight is 378 g/mol. The van der Waals surface area contributed by atoms with Gasteiger partial charge in [0.2, 0.25) is 0 Å². The third kappa shape index (κ3) is 3.20. The van der Waals surface area contributed by atoms with E-state index in [-0.39, 0.29) is 15.9 Å². The Morgan fingerprint density at radius 2 is 2.00 bits per heavy atom. The summed E-state index contributed by atoms with van der Waals surface area (Å²) in [4.78, 5) is 7.54. The molecule has 1 aromatic carbocycles. The van der Waals surface area contributed by atoms with E-state index >= 15 is 0 Å². The van der Waals surface area contributed by atoms with Crippen LogP contribution < -0.4 is 10.5 Å². The summed E-state index contributed by atoms with van der Waals surface area (Å²) in [5.41, 5.74) is 6.60. The first-order chi connectivity index (χ1) is 9.29. The highest BCUT2D eigenvalue weighted by Crippen LogP contribution is 2.27. The minimum absolute atomic E-state index is 0.0686. The van der Waals surface area contributed by atoms with Gasteiger partial charge in [-0.1, -0.05) is 27.5 Å². The number of hydrogen-bond donors (Lipinski definition) is 2. The molecule has 0 fully saturated rings. The molecule has 2 aromatic rings. The normalized spacial score (nSPS) is 11.3. The Morgan fingerprint density at radius 1 is 1.30 bits per heavy atom. The molecule has 0 amide bonds. The molecule has 20 heavy (non-hydrogen) atoms. The van der Waals surface area contributed by atoms with Crippen molar-refractivity contribution >= 4 is 49.1 Å². The molecule has 0 radical (unpaired) electrons. The van der Waals surface area contributed by atoms with Gasteiger partial charge in [-0.25, -0.2) is 18.4 Å². The standard InChI is InChI=1S/C11H10BrClN4O2S/c1-6-8(14)2-7(12)3-9(6)20(18,19)17-11-4-10(13)15-5-16-11/h2-5H,14H2,1H3,(H,15,16,17). The van der Waals surface area contributed by atoms with E-state index < -0.39 is 10.0 Å². The number of benzene rings is 1. The van der Waals surface area contributed by atoms with Crippen LogP contribution >= 0.6 is 27.5 Å². The fraction of sp³-hybridized carbons (Fsp3) is 0.0909. The highest BCUT2D eigenvalue weighted by Gasteiger charge is 2.20. The Bertz CT molecular complexity index is 767. The molecule has 0 aliphatic heterocycles. The van der Waals surface area contributed by atoms with Crippen molar-refractivity contribution in [1.82, 2.24) is 9.97 Å². The number of nitrogens with two attached hydrogens (primary N) is 1. The molecule has 0 spiro atoms. The molecule has 106 valence electrons. The maximum absolute atomic E-state index is 12.3. The van der Waals surface area contributed by atoms with Crippen LogP contribution in [0.25, 0.3) is 0 Å². The lowest BCUT2D eigenvalue weighted by atomic mass is 10.2. The second-order valence-corrected chi connectivity index (χ2v) is 6.90. The number of halogens is 2. The number of nitrogens with zero attached hydrogens (tertiary/aromatic N) is 2. The third-order valence-electron chi connectivity index (χ3n) is 2.53. The van der Waals surface area contributed by atoms with Crippen LogP contribution in [0.1, 0.15) is 5.56 Å². The van der Waals surface area contributed by atoms with Gasteiger partial charge in [-0.3, -0.25) is 4.72 Å². The third-order valence-corrected chi connectivity index (χ3v) is 4.67. The predicted octanol–water partition coefficient (Wildman–Crippen LogP) is 2.58. The number of nitrogen functional groups attached to an aromatic ring is 1. The van der Waals surface area contributed by atoms with Gasteiger partial charge in [-0.2, -0.15) is 0 Å². The maximum atomic E-state index is 12.3. The first kappa shape index (κ1) is 15.0. The monoisotopic (exact) mass is 376 g/mol. The Morgan fingerprint density at radius 3 is 2.65 bits per heavy atom. The zero-order valence-corrected chi connectivity index (χ0v) is 13.4. The van der Waals surface area contributed by atoms with Gasteiger partial charge in [0, 0.05) is 16.2 Å².